The maximum Gasteiger partial charge on any atom is 0.0847 e. The maximum atomic E-state index is 8.61. The van der Waals surface area contributed by atoms with E-state index in [-0.39, 0.29) is 6.04 Å². The second-order valence-electron chi connectivity index (χ2n) is 3.68. The Bertz CT molecular complexity index is 209. The van der Waals surface area contributed by atoms with Crippen molar-refractivity contribution < 1.29 is 0 Å². The van der Waals surface area contributed by atoms with Crippen LogP contribution in [0.4, 0.5) is 0 Å². The highest BCUT2D eigenvalue weighted by Crippen LogP contribution is 2.12. The lowest BCUT2D eigenvalue weighted by atomic mass is 10.1. The molecule has 1 unspecified atom stereocenters. The zero-order valence-electron chi connectivity index (χ0n) is 8.91. The van der Waals surface area contributed by atoms with Crippen molar-refractivity contribution in [2.75, 3.05) is 0 Å². The Morgan fingerprint density at radius 2 is 1.69 bits per heavy atom. The first kappa shape index (κ1) is 12.0. The van der Waals surface area contributed by atoms with E-state index in [1.807, 2.05) is 0 Å². The van der Waals surface area contributed by atoms with Crippen LogP contribution in [0, 0.1) is 23.7 Å². The number of hydrogen-bond acceptors (Lipinski definition) is 2. The van der Waals surface area contributed by atoms with E-state index in [1.54, 1.807) is 0 Å². The quantitative estimate of drug-likeness (QED) is 0.616. The Labute approximate surface area is 81.5 Å². The molecule has 0 spiro atoms. The third-order valence-corrected chi connectivity index (χ3v) is 2.03. The van der Waals surface area contributed by atoms with Crippen molar-refractivity contribution in [1.82, 2.24) is 4.90 Å². The summed E-state index contributed by atoms with van der Waals surface area (Å²) in [5.41, 5.74) is 0. The van der Waals surface area contributed by atoms with E-state index in [9.17, 15) is 0 Å². The summed E-state index contributed by atoms with van der Waals surface area (Å²) in [7, 11) is 0. The van der Waals surface area contributed by atoms with Gasteiger partial charge in [-0.2, -0.15) is 5.26 Å². The lowest BCUT2D eigenvalue weighted by molar-refractivity contribution is 0.145. The van der Waals surface area contributed by atoms with E-state index < -0.39 is 0 Å². The van der Waals surface area contributed by atoms with E-state index in [4.69, 9.17) is 11.7 Å². The molecular weight excluding hydrogens is 160 g/mol. The first-order chi connectivity index (χ1) is 6.04. The summed E-state index contributed by atoms with van der Waals surface area (Å²) in [4.78, 5) is 2.18. The summed E-state index contributed by atoms with van der Waals surface area (Å²) in [5.74, 6) is 2.67. The highest BCUT2D eigenvalue weighted by Gasteiger charge is 2.21. The second-order valence-corrected chi connectivity index (χ2v) is 3.68. The summed E-state index contributed by atoms with van der Waals surface area (Å²) in [5, 5.41) is 8.61. The van der Waals surface area contributed by atoms with Crippen molar-refractivity contribution in [3.05, 3.63) is 0 Å². The second kappa shape index (κ2) is 5.62. The first-order valence-corrected chi connectivity index (χ1v) is 4.65. The lowest BCUT2D eigenvalue weighted by Crippen LogP contribution is -2.44. The fourth-order valence-electron chi connectivity index (χ4n) is 1.65. The van der Waals surface area contributed by atoms with E-state index in [2.05, 4.69) is 44.6 Å². The molecule has 0 aromatic heterocycles. The number of hydrogen-bond donors (Lipinski definition) is 0. The third-order valence-electron chi connectivity index (χ3n) is 2.03. The zero-order chi connectivity index (χ0) is 10.4. The molecule has 13 heavy (non-hydrogen) atoms. The third kappa shape index (κ3) is 3.49. The van der Waals surface area contributed by atoms with Gasteiger partial charge >= 0.3 is 0 Å². The predicted molar refractivity (Wildman–Crippen MR) is 55.0 cm³/mol. The average Bonchev–Trinajstić information content (AvgIpc) is 2.02. The first-order valence-electron chi connectivity index (χ1n) is 4.65. The summed E-state index contributed by atoms with van der Waals surface area (Å²) in [6.45, 7) is 8.40. The largest absolute Gasteiger partial charge is 0.284 e. The molecule has 0 bridgehead atoms. The molecule has 0 aromatic carbocycles. The standard InChI is InChI=1S/C11H18N2/c1-6-11(7-8-12)13(9(2)3)10(4)5/h1,9-11H,7H2,2-5H3. The van der Waals surface area contributed by atoms with Gasteiger partial charge in [-0.1, -0.05) is 5.92 Å². The van der Waals surface area contributed by atoms with Gasteiger partial charge in [0.15, 0.2) is 0 Å². The van der Waals surface area contributed by atoms with Crippen LogP contribution < -0.4 is 0 Å². The van der Waals surface area contributed by atoms with Crippen LogP contribution in [0.1, 0.15) is 34.1 Å². The number of terminal acetylenes is 1. The van der Waals surface area contributed by atoms with Gasteiger partial charge in [0.25, 0.3) is 0 Å². The van der Waals surface area contributed by atoms with Gasteiger partial charge in [0.1, 0.15) is 0 Å². The summed E-state index contributed by atoms with van der Waals surface area (Å²) in [6.07, 6.45) is 5.80. The molecule has 0 aliphatic heterocycles. The normalized spacial score (nSPS) is 13.0. The number of nitriles is 1. The minimum atomic E-state index is -0.0509. The SMILES string of the molecule is C#CC(CC#N)N(C(C)C)C(C)C. The van der Waals surface area contributed by atoms with Gasteiger partial charge in [-0.25, -0.2) is 0 Å². The molecule has 0 radical (unpaired) electrons. The summed E-state index contributed by atoms with van der Waals surface area (Å²) >= 11 is 0. The highest BCUT2D eigenvalue weighted by atomic mass is 15.2. The highest BCUT2D eigenvalue weighted by molar-refractivity contribution is 5.05. The van der Waals surface area contributed by atoms with Crippen LogP contribution in [-0.4, -0.2) is 23.0 Å². The minimum Gasteiger partial charge on any atom is -0.284 e. The van der Waals surface area contributed by atoms with Crippen molar-refractivity contribution in [2.45, 2.75) is 52.2 Å². The average molecular weight is 178 g/mol. The van der Waals surface area contributed by atoms with Crippen LogP contribution in [0.2, 0.25) is 0 Å². The van der Waals surface area contributed by atoms with Gasteiger partial charge in [0.05, 0.1) is 18.5 Å². The molecular formula is C11H18N2. The van der Waals surface area contributed by atoms with Crippen LogP contribution >= 0.6 is 0 Å². The number of rotatable bonds is 4. The van der Waals surface area contributed by atoms with Crippen LogP contribution in [0.5, 0.6) is 0 Å². The van der Waals surface area contributed by atoms with Gasteiger partial charge in [-0.15, -0.1) is 6.42 Å². The Hall–Kier alpha value is -0.990. The van der Waals surface area contributed by atoms with E-state index in [0.717, 1.165) is 0 Å². The Balaban J connectivity index is 4.53. The molecule has 0 amide bonds. The zero-order valence-corrected chi connectivity index (χ0v) is 8.91. The molecule has 72 valence electrons. The smallest absolute Gasteiger partial charge is 0.0847 e. The fourth-order valence-corrected chi connectivity index (χ4v) is 1.65. The molecule has 0 N–H and O–H groups in total. The van der Waals surface area contributed by atoms with Gasteiger partial charge in [0, 0.05) is 12.1 Å². The van der Waals surface area contributed by atoms with Crippen molar-refractivity contribution in [3.8, 4) is 18.4 Å². The monoisotopic (exact) mass is 178 g/mol. The van der Waals surface area contributed by atoms with Crippen LogP contribution in [0.3, 0.4) is 0 Å². The van der Waals surface area contributed by atoms with Gasteiger partial charge in [-0.05, 0) is 27.7 Å². The fraction of sp³-hybridized carbons (Fsp3) is 0.727. The van der Waals surface area contributed by atoms with Gasteiger partial charge < -0.3 is 0 Å². The van der Waals surface area contributed by atoms with Crippen LogP contribution in [-0.2, 0) is 0 Å². The molecule has 2 nitrogen and oxygen atoms in total. The van der Waals surface area contributed by atoms with Crippen molar-refractivity contribution in [3.63, 3.8) is 0 Å². The van der Waals surface area contributed by atoms with Crippen LogP contribution in [0.15, 0.2) is 0 Å². The molecule has 0 fully saturated rings. The van der Waals surface area contributed by atoms with E-state index in [0.29, 0.717) is 18.5 Å². The Morgan fingerprint density at radius 3 is 1.92 bits per heavy atom. The van der Waals surface area contributed by atoms with Crippen LogP contribution in [0.25, 0.3) is 0 Å². The molecule has 0 saturated heterocycles. The summed E-state index contributed by atoms with van der Waals surface area (Å²) in [6, 6.07) is 2.84. The van der Waals surface area contributed by atoms with Gasteiger partial charge in [0.2, 0.25) is 0 Å². The summed E-state index contributed by atoms with van der Waals surface area (Å²) < 4.78 is 0. The van der Waals surface area contributed by atoms with E-state index >= 15 is 0 Å². The Kier molecular flexibility index (Phi) is 5.19. The van der Waals surface area contributed by atoms with Crippen molar-refractivity contribution in [2.24, 2.45) is 0 Å². The minimum absolute atomic E-state index is 0.0509. The molecule has 0 aliphatic rings. The molecule has 0 rings (SSSR count). The lowest BCUT2D eigenvalue weighted by Gasteiger charge is -2.34. The van der Waals surface area contributed by atoms with Gasteiger partial charge in [-0.3, -0.25) is 4.90 Å². The predicted octanol–water partition coefficient (Wildman–Crippen LogP) is 2.02. The molecule has 0 aliphatic carbocycles. The molecule has 0 aromatic rings. The van der Waals surface area contributed by atoms with Crippen molar-refractivity contribution in [1.29, 1.82) is 5.26 Å². The molecule has 1 atom stereocenters. The Morgan fingerprint density at radius 1 is 1.23 bits per heavy atom. The van der Waals surface area contributed by atoms with Crippen molar-refractivity contribution >= 4 is 0 Å². The molecule has 0 saturated carbocycles. The topological polar surface area (TPSA) is 27.0 Å². The van der Waals surface area contributed by atoms with E-state index in [1.165, 1.54) is 0 Å². The maximum absolute atomic E-state index is 8.61. The molecule has 2 heteroatoms. The molecule has 0 heterocycles. The number of nitrogens with zero attached hydrogens (tertiary/aromatic N) is 2.